The maximum absolute atomic E-state index is 13.4. The summed E-state index contributed by atoms with van der Waals surface area (Å²) in [6.07, 6.45) is 3.64. The molecule has 5 heteroatoms. The van der Waals surface area contributed by atoms with Crippen molar-refractivity contribution in [2.24, 2.45) is 0 Å². The molecular formula is C33H32N2O3. The average molecular weight is 505 g/mol. The van der Waals surface area contributed by atoms with Gasteiger partial charge in [0.2, 0.25) is 0 Å². The van der Waals surface area contributed by atoms with E-state index in [-0.39, 0.29) is 17.9 Å². The van der Waals surface area contributed by atoms with Gasteiger partial charge in [-0.2, -0.15) is 0 Å². The van der Waals surface area contributed by atoms with Gasteiger partial charge in [0.1, 0.15) is 0 Å². The van der Waals surface area contributed by atoms with Crippen molar-refractivity contribution in [3.8, 4) is 0 Å². The first-order valence-electron chi connectivity index (χ1n) is 12.9. The number of aromatic nitrogens is 1. The molecule has 5 nitrogen and oxygen atoms in total. The number of ether oxygens (including phenoxy) is 1. The topological polar surface area (TPSA) is 59.5 Å². The van der Waals surface area contributed by atoms with E-state index >= 15 is 0 Å². The molecule has 0 saturated carbocycles. The molecule has 1 heterocycles. The van der Waals surface area contributed by atoms with E-state index in [9.17, 15) is 9.59 Å². The molecule has 4 aromatic rings. The van der Waals surface area contributed by atoms with Crippen molar-refractivity contribution >= 4 is 40.1 Å². The van der Waals surface area contributed by atoms with Crippen molar-refractivity contribution in [2.45, 2.75) is 39.0 Å². The van der Waals surface area contributed by atoms with E-state index in [1.54, 1.807) is 7.05 Å². The Kier molecular flexibility index (Phi) is 6.85. The number of esters is 1. The summed E-state index contributed by atoms with van der Waals surface area (Å²) in [6, 6.07) is 25.5. The molecule has 0 bridgehead atoms. The van der Waals surface area contributed by atoms with Gasteiger partial charge in [0, 0.05) is 18.1 Å². The maximum atomic E-state index is 13.4. The van der Waals surface area contributed by atoms with Gasteiger partial charge in [-0.3, -0.25) is 4.79 Å². The minimum absolute atomic E-state index is 0.0959. The number of nitrogens with zero attached hydrogens (tertiary/aromatic N) is 2. The van der Waals surface area contributed by atoms with Crippen LogP contribution >= 0.6 is 0 Å². The van der Waals surface area contributed by atoms with Crippen LogP contribution in [0.3, 0.4) is 0 Å². The van der Waals surface area contributed by atoms with Gasteiger partial charge in [0.25, 0.3) is 5.91 Å². The number of amides is 1. The van der Waals surface area contributed by atoms with Gasteiger partial charge < -0.3 is 9.64 Å². The highest BCUT2D eigenvalue weighted by molar-refractivity contribution is 6.08. The second kappa shape index (κ2) is 10.3. The van der Waals surface area contributed by atoms with Crippen LogP contribution in [0.1, 0.15) is 59.9 Å². The zero-order valence-electron chi connectivity index (χ0n) is 22.3. The van der Waals surface area contributed by atoms with Gasteiger partial charge >= 0.3 is 5.97 Å². The molecule has 0 unspecified atom stereocenters. The maximum Gasteiger partial charge on any atom is 0.339 e. The Balaban J connectivity index is 1.44. The largest absolute Gasteiger partial charge is 0.452 e. The van der Waals surface area contributed by atoms with Crippen molar-refractivity contribution < 1.29 is 14.3 Å². The van der Waals surface area contributed by atoms with Crippen LogP contribution in [0.25, 0.3) is 22.6 Å². The Morgan fingerprint density at radius 3 is 2.32 bits per heavy atom. The van der Waals surface area contributed by atoms with Gasteiger partial charge in [-0.1, -0.05) is 81.4 Å². The van der Waals surface area contributed by atoms with Crippen LogP contribution < -0.4 is 4.90 Å². The molecule has 1 aromatic heterocycles. The zero-order chi connectivity index (χ0) is 26.9. The lowest BCUT2D eigenvalue weighted by molar-refractivity contribution is -0.121. The molecule has 0 radical (unpaired) electrons. The predicted molar refractivity (Wildman–Crippen MR) is 153 cm³/mol. The number of rotatable bonds is 5. The van der Waals surface area contributed by atoms with Crippen molar-refractivity contribution in [3.63, 3.8) is 0 Å². The summed E-state index contributed by atoms with van der Waals surface area (Å²) in [6.45, 7) is 6.28. The van der Waals surface area contributed by atoms with Gasteiger partial charge in [0.05, 0.1) is 16.8 Å². The summed E-state index contributed by atoms with van der Waals surface area (Å²) in [5, 5.41) is 0.746. The smallest absolute Gasteiger partial charge is 0.339 e. The molecule has 38 heavy (non-hydrogen) atoms. The fraction of sp³-hybridized carbons (Fsp3) is 0.242. The minimum Gasteiger partial charge on any atom is -0.452 e. The number of carbonyl (C=O) groups is 2. The SMILES string of the molecule is CN(C(=O)COC(=O)c1c2c(nc3ccccc13)C(=Cc1ccc(C(C)(C)C)cc1)CC2)c1ccccc1. The van der Waals surface area contributed by atoms with Crippen molar-refractivity contribution in [2.75, 3.05) is 18.6 Å². The lowest BCUT2D eigenvalue weighted by Crippen LogP contribution is -2.31. The number of hydrogen-bond donors (Lipinski definition) is 0. The number of fused-ring (bicyclic) bond motifs is 2. The Hall–Kier alpha value is -4.25. The van der Waals surface area contributed by atoms with Gasteiger partial charge in [-0.25, -0.2) is 9.78 Å². The van der Waals surface area contributed by atoms with Crippen molar-refractivity contribution in [3.05, 3.63) is 107 Å². The molecule has 5 rings (SSSR count). The summed E-state index contributed by atoms with van der Waals surface area (Å²) in [5.41, 5.74) is 7.30. The number of allylic oxidation sites excluding steroid dienone is 1. The van der Waals surface area contributed by atoms with Crippen LogP contribution in [0.5, 0.6) is 0 Å². The summed E-state index contributed by atoms with van der Waals surface area (Å²) in [4.78, 5) is 32.6. The van der Waals surface area contributed by atoms with E-state index in [0.29, 0.717) is 12.0 Å². The molecular weight excluding hydrogens is 472 g/mol. The number of benzene rings is 3. The number of para-hydroxylation sites is 2. The first kappa shape index (κ1) is 25.4. The summed E-state index contributed by atoms with van der Waals surface area (Å²) >= 11 is 0. The fourth-order valence-corrected chi connectivity index (χ4v) is 4.88. The van der Waals surface area contributed by atoms with Gasteiger partial charge in [-0.15, -0.1) is 0 Å². The third-order valence-corrected chi connectivity index (χ3v) is 7.11. The average Bonchev–Trinajstić information content (AvgIpc) is 3.31. The van der Waals surface area contributed by atoms with Crippen molar-refractivity contribution in [1.82, 2.24) is 4.98 Å². The molecule has 0 N–H and O–H groups in total. The van der Waals surface area contributed by atoms with Gasteiger partial charge in [-0.05, 0) is 64.8 Å². The highest BCUT2D eigenvalue weighted by atomic mass is 16.5. The van der Waals surface area contributed by atoms with Crippen LogP contribution in [0.2, 0.25) is 0 Å². The van der Waals surface area contributed by atoms with Crippen molar-refractivity contribution in [1.29, 1.82) is 0 Å². The van der Waals surface area contributed by atoms with E-state index in [1.807, 2.05) is 54.6 Å². The highest BCUT2D eigenvalue weighted by Gasteiger charge is 2.28. The summed E-state index contributed by atoms with van der Waals surface area (Å²) in [5.74, 6) is -0.788. The molecule has 1 aliphatic carbocycles. The summed E-state index contributed by atoms with van der Waals surface area (Å²) in [7, 11) is 1.68. The van der Waals surface area contributed by atoms with Gasteiger partial charge in [0.15, 0.2) is 6.61 Å². The predicted octanol–water partition coefficient (Wildman–Crippen LogP) is 6.84. The minimum atomic E-state index is -0.495. The number of anilines is 1. The zero-order valence-corrected chi connectivity index (χ0v) is 22.3. The number of pyridine rings is 1. The highest BCUT2D eigenvalue weighted by Crippen LogP contribution is 2.38. The van der Waals surface area contributed by atoms with E-state index in [1.165, 1.54) is 10.5 Å². The first-order valence-corrected chi connectivity index (χ1v) is 12.9. The second-order valence-corrected chi connectivity index (χ2v) is 10.7. The summed E-state index contributed by atoms with van der Waals surface area (Å²) < 4.78 is 5.59. The molecule has 1 aliphatic rings. The molecule has 1 amide bonds. The quantitative estimate of drug-likeness (QED) is 0.279. The van der Waals surface area contributed by atoms with E-state index < -0.39 is 5.97 Å². The van der Waals surface area contributed by atoms with Crippen LogP contribution in [0.15, 0.2) is 78.9 Å². The molecule has 0 aliphatic heterocycles. The molecule has 0 fully saturated rings. The Bertz CT molecular complexity index is 1530. The van der Waals surface area contributed by atoms with E-state index in [2.05, 4.69) is 51.1 Å². The number of likely N-dealkylation sites (N-methyl/N-ethyl adjacent to an activating group) is 1. The molecule has 3 aromatic carbocycles. The molecule has 0 spiro atoms. The third kappa shape index (κ3) is 5.10. The monoisotopic (exact) mass is 504 g/mol. The number of carbonyl (C=O) groups excluding carboxylic acids is 2. The lowest BCUT2D eigenvalue weighted by Gasteiger charge is -2.18. The lowest BCUT2D eigenvalue weighted by atomic mass is 9.86. The van der Waals surface area contributed by atoms with Crippen LogP contribution in [-0.4, -0.2) is 30.5 Å². The molecule has 192 valence electrons. The first-order chi connectivity index (χ1) is 18.2. The van der Waals surface area contributed by atoms with Crippen LogP contribution in [0, 0.1) is 0 Å². The standard InChI is InChI=1S/C33H32N2O3/c1-33(2,3)24-17-14-22(15-18-24)20-23-16-19-27-30(26-12-8-9-13-28(26)34-31(23)27)32(37)38-21-29(36)35(4)25-10-6-5-7-11-25/h5-15,17-18,20H,16,19,21H2,1-4H3. The molecule has 0 atom stereocenters. The fourth-order valence-electron chi connectivity index (χ4n) is 4.88. The molecule has 0 saturated heterocycles. The van der Waals surface area contributed by atoms with E-state index in [4.69, 9.17) is 9.72 Å². The Labute approximate surface area is 223 Å². The Morgan fingerprint density at radius 1 is 0.921 bits per heavy atom. The number of hydrogen-bond acceptors (Lipinski definition) is 4. The second-order valence-electron chi connectivity index (χ2n) is 10.7. The normalized spacial score (nSPS) is 13.9. The van der Waals surface area contributed by atoms with E-state index in [0.717, 1.165) is 45.4 Å². The third-order valence-electron chi connectivity index (χ3n) is 7.11. The van der Waals surface area contributed by atoms with Crippen LogP contribution in [-0.2, 0) is 21.4 Å². The Morgan fingerprint density at radius 2 is 1.61 bits per heavy atom. The van der Waals surface area contributed by atoms with Crippen LogP contribution in [0.4, 0.5) is 5.69 Å².